The fourth-order valence-corrected chi connectivity index (χ4v) is 3.98. The van der Waals surface area contributed by atoms with Gasteiger partial charge in [0.1, 0.15) is 5.82 Å². The van der Waals surface area contributed by atoms with Crippen molar-refractivity contribution in [2.75, 3.05) is 18.6 Å². The molecule has 1 atom stereocenters. The quantitative estimate of drug-likeness (QED) is 0.921. The molecule has 3 heterocycles. The molecule has 0 unspecified atom stereocenters. The lowest BCUT2D eigenvalue weighted by Crippen LogP contribution is -2.31. The van der Waals surface area contributed by atoms with Crippen molar-refractivity contribution >= 4 is 23.1 Å². The summed E-state index contributed by atoms with van der Waals surface area (Å²) in [7, 11) is 0. The predicted molar refractivity (Wildman–Crippen MR) is 81.5 cm³/mol. The van der Waals surface area contributed by atoms with Crippen LogP contribution in [0.3, 0.4) is 0 Å². The summed E-state index contributed by atoms with van der Waals surface area (Å²) in [5, 5.41) is 9.45. The third-order valence-electron chi connectivity index (χ3n) is 3.48. The number of thiophene rings is 1. The van der Waals surface area contributed by atoms with Gasteiger partial charge >= 0.3 is 0 Å². The topological polar surface area (TPSA) is 44.8 Å². The van der Waals surface area contributed by atoms with Crippen molar-refractivity contribution in [3.05, 3.63) is 23.3 Å². The minimum absolute atomic E-state index is 0.699. The fourth-order valence-electron chi connectivity index (χ4n) is 2.56. The van der Waals surface area contributed by atoms with E-state index in [0.29, 0.717) is 6.04 Å². The first-order valence-electron chi connectivity index (χ1n) is 6.55. The molecular formula is C13H18N4S2. The average molecular weight is 294 g/mol. The van der Waals surface area contributed by atoms with E-state index in [0.717, 1.165) is 23.1 Å². The molecule has 4 nitrogen and oxygen atoms in total. The van der Waals surface area contributed by atoms with E-state index in [9.17, 15) is 0 Å². The zero-order valence-electron chi connectivity index (χ0n) is 11.0. The molecular weight excluding hydrogens is 276 g/mol. The Bertz CT molecular complexity index is 508. The van der Waals surface area contributed by atoms with Crippen LogP contribution in [-0.4, -0.2) is 44.7 Å². The maximum atomic E-state index is 4.61. The summed E-state index contributed by atoms with van der Waals surface area (Å²) in [5.41, 5.74) is 0. The van der Waals surface area contributed by atoms with Gasteiger partial charge in [-0.2, -0.15) is 16.9 Å². The highest BCUT2D eigenvalue weighted by Gasteiger charge is 2.24. The maximum Gasteiger partial charge on any atom is 0.191 e. The van der Waals surface area contributed by atoms with Crippen molar-refractivity contribution in [2.45, 2.75) is 25.4 Å². The fraction of sp³-hybridized carbons (Fsp3) is 0.538. The van der Waals surface area contributed by atoms with E-state index in [2.05, 4.69) is 37.8 Å². The lowest BCUT2D eigenvalue weighted by atomic mass is 10.2. The molecule has 2 aromatic rings. The molecule has 0 aromatic carbocycles. The second-order valence-electron chi connectivity index (χ2n) is 4.80. The van der Waals surface area contributed by atoms with Gasteiger partial charge in [-0.05, 0) is 37.1 Å². The van der Waals surface area contributed by atoms with Gasteiger partial charge in [-0.15, -0.1) is 11.3 Å². The van der Waals surface area contributed by atoms with Gasteiger partial charge in [0.05, 0.1) is 11.4 Å². The summed E-state index contributed by atoms with van der Waals surface area (Å²) in [6.07, 6.45) is 4.80. The van der Waals surface area contributed by atoms with E-state index in [-0.39, 0.29) is 0 Å². The van der Waals surface area contributed by atoms with Gasteiger partial charge in [0.2, 0.25) is 0 Å². The maximum absolute atomic E-state index is 4.61. The van der Waals surface area contributed by atoms with Crippen LogP contribution in [0.2, 0.25) is 0 Å². The Morgan fingerprint density at radius 2 is 2.53 bits per heavy atom. The minimum Gasteiger partial charge on any atom is -0.292 e. The third kappa shape index (κ3) is 3.01. The summed E-state index contributed by atoms with van der Waals surface area (Å²) in [6, 6.07) is 4.79. The number of H-pyrrole nitrogens is 1. The van der Waals surface area contributed by atoms with Crippen molar-refractivity contribution in [1.29, 1.82) is 0 Å². The lowest BCUT2D eigenvalue weighted by Gasteiger charge is -2.22. The molecule has 0 bridgehead atoms. The van der Waals surface area contributed by atoms with Crippen LogP contribution in [0.15, 0.2) is 17.5 Å². The monoisotopic (exact) mass is 294 g/mol. The number of hydrogen-bond donors (Lipinski definition) is 1. The molecule has 6 heteroatoms. The molecule has 1 aliphatic heterocycles. The Balaban J connectivity index is 1.67. The Hall–Kier alpha value is -0.850. The van der Waals surface area contributed by atoms with E-state index in [1.165, 1.54) is 25.1 Å². The van der Waals surface area contributed by atoms with Crippen molar-refractivity contribution in [1.82, 2.24) is 20.1 Å². The van der Waals surface area contributed by atoms with Crippen LogP contribution in [-0.2, 0) is 6.54 Å². The molecule has 19 heavy (non-hydrogen) atoms. The van der Waals surface area contributed by atoms with E-state index < -0.39 is 0 Å². The normalized spacial score (nSPS) is 20.2. The van der Waals surface area contributed by atoms with Gasteiger partial charge in [0.15, 0.2) is 5.82 Å². The Labute approximate surface area is 121 Å². The van der Waals surface area contributed by atoms with Crippen molar-refractivity contribution in [2.24, 2.45) is 0 Å². The molecule has 0 radical (unpaired) electrons. The number of nitrogens with zero attached hydrogens (tertiary/aromatic N) is 3. The zero-order valence-corrected chi connectivity index (χ0v) is 12.6. The van der Waals surface area contributed by atoms with Crippen LogP contribution in [0.5, 0.6) is 0 Å². The predicted octanol–water partition coefficient (Wildman–Crippen LogP) is 2.86. The number of thioether (sulfide) groups is 1. The molecule has 1 aliphatic rings. The molecule has 0 spiro atoms. The Morgan fingerprint density at radius 1 is 1.58 bits per heavy atom. The molecule has 1 fully saturated rings. The molecule has 2 aromatic heterocycles. The summed E-state index contributed by atoms with van der Waals surface area (Å²) in [6.45, 7) is 2.07. The van der Waals surface area contributed by atoms with Crippen molar-refractivity contribution in [3.63, 3.8) is 0 Å². The highest BCUT2D eigenvalue weighted by atomic mass is 32.2. The van der Waals surface area contributed by atoms with E-state index in [1.807, 2.05) is 17.8 Å². The van der Waals surface area contributed by atoms with Crippen LogP contribution < -0.4 is 0 Å². The van der Waals surface area contributed by atoms with Crippen LogP contribution in [0, 0.1) is 0 Å². The average Bonchev–Trinajstić information content (AvgIpc) is 3.12. The summed E-state index contributed by atoms with van der Waals surface area (Å²) >= 11 is 3.61. The molecule has 0 amide bonds. The first kappa shape index (κ1) is 13.1. The highest BCUT2D eigenvalue weighted by molar-refractivity contribution is 7.98. The van der Waals surface area contributed by atoms with Crippen molar-refractivity contribution < 1.29 is 0 Å². The zero-order chi connectivity index (χ0) is 13.1. The number of nitrogens with one attached hydrogen (secondary N) is 1. The van der Waals surface area contributed by atoms with Crippen molar-refractivity contribution in [3.8, 4) is 10.7 Å². The first-order chi connectivity index (χ1) is 9.36. The second-order valence-corrected chi connectivity index (χ2v) is 6.66. The number of likely N-dealkylation sites (tertiary alicyclic amines) is 1. The van der Waals surface area contributed by atoms with Crippen LogP contribution in [0.1, 0.15) is 18.7 Å². The van der Waals surface area contributed by atoms with Gasteiger partial charge < -0.3 is 0 Å². The van der Waals surface area contributed by atoms with Gasteiger partial charge in [-0.3, -0.25) is 10.00 Å². The molecule has 1 N–H and O–H groups in total. The SMILES string of the molecule is CSC[C@H]1CCCN1Cc1nc(-c2cccs2)n[nH]1. The van der Waals surface area contributed by atoms with Gasteiger partial charge in [-0.1, -0.05) is 6.07 Å². The highest BCUT2D eigenvalue weighted by Crippen LogP contribution is 2.23. The summed E-state index contributed by atoms with van der Waals surface area (Å²) in [5.74, 6) is 3.02. The number of aromatic nitrogens is 3. The molecule has 3 rings (SSSR count). The minimum atomic E-state index is 0.699. The standard InChI is InChI=1S/C13H18N4S2/c1-18-9-10-4-2-6-17(10)8-12-14-13(16-15-12)11-5-3-7-19-11/h3,5,7,10H,2,4,6,8-9H2,1H3,(H,14,15,16)/t10-/m1/s1. The van der Waals surface area contributed by atoms with Gasteiger partial charge in [-0.25, -0.2) is 4.98 Å². The Kier molecular flexibility index (Phi) is 4.20. The third-order valence-corrected chi connectivity index (χ3v) is 5.07. The van der Waals surface area contributed by atoms with Crippen LogP contribution in [0.25, 0.3) is 10.7 Å². The summed E-state index contributed by atoms with van der Waals surface area (Å²) < 4.78 is 0. The van der Waals surface area contributed by atoms with E-state index in [4.69, 9.17) is 0 Å². The molecule has 102 valence electrons. The lowest BCUT2D eigenvalue weighted by molar-refractivity contribution is 0.257. The van der Waals surface area contributed by atoms with E-state index >= 15 is 0 Å². The van der Waals surface area contributed by atoms with E-state index in [1.54, 1.807) is 11.3 Å². The smallest absolute Gasteiger partial charge is 0.191 e. The Morgan fingerprint density at radius 3 is 3.32 bits per heavy atom. The van der Waals surface area contributed by atoms with Crippen LogP contribution in [0.4, 0.5) is 0 Å². The largest absolute Gasteiger partial charge is 0.292 e. The molecule has 1 saturated heterocycles. The number of rotatable bonds is 5. The summed E-state index contributed by atoms with van der Waals surface area (Å²) in [4.78, 5) is 8.26. The second kappa shape index (κ2) is 6.07. The van der Waals surface area contributed by atoms with Gasteiger partial charge in [0.25, 0.3) is 0 Å². The van der Waals surface area contributed by atoms with Crippen LogP contribution >= 0.6 is 23.1 Å². The van der Waals surface area contributed by atoms with Gasteiger partial charge in [0, 0.05) is 11.8 Å². The number of hydrogen-bond acceptors (Lipinski definition) is 5. The molecule has 0 aliphatic carbocycles. The first-order valence-corrected chi connectivity index (χ1v) is 8.82. The number of aromatic amines is 1. The molecule has 0 saturated carbocycles.